The van der Waals surface area contributed by atoms with Gasteiger partial charge in [-0.1, -0.05) is 31.0 Å². The molecule has 1 aromatic heterocycles. The lowest BCUT2D eigenvalue weighted by molar-refractivity contribution is 0.631. The Labute approximate surface area is 121 Å². The summed E-state index contributed by atoms with van der Waals surface area (Å²) in [7, 11) is 1.89. The second-order valence-corrected chi connectivity index (χ2v) is 5.76. The Balaban J connectivity index is 2.48. The number of rotatable bonds is 5. The van der Waals surface area contributed by atoms with Crippen LogP contribution in [-0.4, -0.2) is 12.0 Å². The molecule has 5 heteroatoms. The van der Waals surface area contributed by atoms with Crippen molar-refractivity contribution < 1.29 is 4.39 Å². The normalized spacial score (nSPS) is 10.9. The summed E-state index contributed by atoms with van der Waals surface area (Å²) < 4.78 is 13.9. The van der Waals surface area contributed by atoms with E-state index in [1.807, 2.05) is 7.05 Å². The minimum atomic E-state index is -0.319. The van der Waals surface area contributed by atoms with Gasteiger partial charge in [-0.15, -0.1) is 11.3 Å². The topological polar surface area (TPSA) is 24.9 Å². The van der Waals surface area contributed by atoms with Crippen LogP contribution >= 0.6 is 22.9 Å². The van der Waals surface area contributed by atoms with Crippen LogP contribution < -0.4 is 5.32 Å². The van der Waals surface area contributed by atoms with Crippen molar-refractivity contribution in [1.82, 2.24) is 10.3 Å². The molecular weight excluding hydrogens is 283 g/mol. The van der Waals surface area contributed by atoms with E-state index in [0.717, 1.165) is 30.0 Å². The molecule has 1 aromatic carbocycles. The molecule has 0 fully saturated rings. The molecule has 0 aliphatic carbocycles. The first-order valence-corrected chi connectivity index (χ1v) is 7.44. The van der Waals surface area contributed by atoms with Gasteiger partial charge in [-0.05, 0) is 25.6 Å². The maximum atomic E-state index is 13.9. The monoisotopic (exact) mass is 298 g/mol. The number of halogens is 2. The van der Waals surface area contributed by atoms with Gasteiger partial charge < -0.3 is 5.32 Å². The number of nitrogens with zero attached hydrogens (tertiary/aromatic N) is 1. The molecule has 19 heavy (non-hydrogen) atoms. The largest absolute Gasteiger partial charge is 0.315 e. The van der Waals surface area contributed by atoms with Crippen LogP contribution in [0.4, 0.5) is 4.39 Å². The van der Waals surface area contributed by atoms with E-state index in [9.17, 15) is 4.39 Å². The van der Waals surface area contributed by atoms with E-state index in [2.05, 4.69) is 17.2 Å². The maximum Gasteiger partial charge on any atom is 0.134 e. The van der Waals surface area contributed by atoms with Crippen LogP contribution in [0.3, 0.4) is 0 Å². The van der Waals surface area contributed by atoms with Crippen molar-refractivity contribution in [3.8, 4) is 10.6 Å². The summed E-state index contributed by atoms with van der Waals surface area (Å²) in [6.07, 6.45) is 1.92. The Kier molecular flexibility index (Phi) is 4.91. The molecule has 0 saturated carbocycles. The van der Waals surface area contributed by atoms with Gasteiger partial charge in [0.25, 0.3) is 0 Å². The third-order valence-electron chi connectivity index (χ3n) is 2.78. The highest BCUT2D eigenvalue weighted by molar-refractivity contribution is 7.15. The fourth-order valence-corrected chi connectivity index (χ4v) is 3.41. The van der Waals surface area contributed by atoms with E-state index in [1.165, 1.54) is 17.4 Å². The van der Waals surface area contributed by atoms with Crippen molar-refractivity contribution in [2.45, 2.75) is 26.3 Å². The van der Waals surface area contributed by atoms with Gasteiger partial charge in [-0.2, -0.15) is 0 Å². The SMILES string of the molecule is CCCc1nc(-c2c(F)cccc2Cl)sc1CNC. The lowest BCUT2D eigenvalue weighted by Crippen LogP contribution is -2.05. The highest BCUT2D eigenvalue weighted by atomic mass is 35.5. The first-order chi connectivity index (χ1) is 9.17. The van der Waals surface area contributed by atoms with E-state index in [1.54, 1.807) is 12.1 Å². The van der Waals surface area contributed by atoms with Crippen molar-refractivity contribution >= 4 is 22.9 Å². The van der Waals surface area contributed by atoms with Crippen molar-refractivity contribution in [3.63, 3.8) is 0 Å². The van der Waals surface area contributed by atoms with Crippen molar-refractivity contribution in [3.05, 3.63) is 39.6 Å². The number of nitrogens with one attached hydrogen (secondary N) is 1. The first-order valence-electron chi connectivity index (χ1n) is 6.25. The number of aryl methyl sites for hydroxylation is 1. The number of hydrogen-bond acceptors (Lipinski definition) is 3. The number of hydrogen-bond donors (Lipinski definition) is 1. The van der Waals surface area contributed by atoms with Crippen molar-refractivity contribution in [2.75, 3.05) is 7.05 Å². The second kappa shape index (κ2) is 6.46. The lowest BCUT2D eigenvalue weighted by atomic mass is 10.2. The smallest absolute Gasteiger partial charge is 0.134 e. The van der Waals surface area contributed by atoms with Gasteiger partial charge in [0.1, 0.15) is 10.8 Å². The van der Waals surface area contributed by atoms with Crippen LogP contribution in [0.5, 0.6) is 0 Å². The molecule has 2 nitrogen and oxygen atoms in total. The van der Waals surface area contributed by atoms with Crippen LogP contribution in [0.1, 0.15) is 23.9 Å². The molecule has 2 aromatic rings. The summed E-state index contributed by atoms with van der Waals surface area (Å²) in [4.78, 5) is 5.72. The lowest BCUT2D eigenvalue weighted by Gasteiger charge is -2.01. The Morgan fingerprint density at radius 3 is 2.84 bits per heavy atom. The molecule has 0 unspecified atom stereocenters. The zero-order valence-corrected chi connectivity index (χ0v) is 12.5. The summed E-state index contributed by atoms with van der Waals surface area (Å²) in [5, 5.41) is 4.19. The van der Waals surface area contributed by atoms with Gasteiger partial charge >= 0.3 is 0 Å². The summed E-state index contributed by atoms with van der Waals surface area (Å²) in [5.74, 6) is -0.319. The minimum Gasteiger partial charge on any atom is -0.315 e. The van der Waals surface area contributed by atoms with E-state index < -0.39 is 0 Å². The molecule has 1 heterocycles. The fourth-order valence-electron chi connectivity index (χ4n) is 1.92. The molecule has 102 valence electrons. The van der Waals surface area contributed by atoms with Gasteiger partial charge in [0.05, 0.1) is 16.3 Å². The summed E-state index contributed by atoms with van der Waals surface area (Å²) in [6.45, 7) is 2.86. The second-order valence-electron chi connectivity index (χ2n) is 4.27. The third-order valence-corrected chi connectivity index (χ3v) is 4.21. The van der Waals surface area contributed by atoms with Gasteiger partial charge in [-0.25, -0.2) is 9.37 Å². The Morgan fingerprint density at radius 1 is 1.42 bits per heavy atom. The van der Waals surface area contributed by atoms with Gasteiger partial charge in [-0.3, -0.25) is 0 Å². The standard InChI is InChI=1S/C14H16ClFN2S/c1-3-5-11-12(8-17-2)19-14(18-11)13-9(15)6-4-7-10(13)16/h4,6-7,17H,3,5,8H2,1-2H3. The molecular formula is C14H16ClFN2S. The van der Waals surface area contributed by atoms with E-state index in [4.69, 9.17) is 11.6 Å². The number of thiazole rings is 1. The Morgan fingerprint density at radius 2 is 2.21 bits per heavy atom. The molecule has 2 rings (SSSR count). The fraction of sp³-hybridized carbons (Fsp3) is 0.357. The summed E-state index contributed by atoms with van der Waals surface area (Å²) in [6, 6.07) is 4.72. The average molecular weight is 299 g/mol. The predicted molar refractivity (Wildman–Crippen MR) is 79.3 cm³/mol. The minimum absolute atomic E-state index is 0.319. The molecule has 0 amide bonds. The Hall–Kier alpha value is -0.970. The van der Waals surface area contributed by atoms with E-state index in [-0.39, 0.29) is 5.82 Å². The number of benzene rings is 1. The van der Waals surface area contributed by atoms with Gasteiger partial charge in [0.2, 0.25) is 0 Å². The highest BCUT2D eigenvalue weighted by Gasteiger charge is 2.16. The molecule has 0 radical (unpaired) electrons. The predicted octanol–water partition coefficient (Wildman–Crippen LogP) is 4.27. The van der Waals surface area contributed by atoms with E-state index >= 15 is 0 Å². The van der Waals surface area contributed by atoms with Crippen LogP contribution in [0.2, 0.25) is 5.02 Å². The zero-order chi connectivity index (χ0) is 13.8. The summed E-state index contributed by atoms with van der Waals surface area (Å²) in [5.41, 5.74) is 1.45. The first kappa shape index (κ1) is 14.4. The average Bonchev–Trinajstić information content (AvgIpc) is 2.73. The Bertz CT molecular complexity index is 525. The summed E-state index contributed by atoms with van der Waals surface area (Å²) >= 11 is 7.60. The molecule has 1 N–H and O–H groups in total. The molecule has 0 aliphatic rings. The van der Waals surface area contributed by atoms with Crippen LogP contribution in [0, 0.1) is 5.82 Å². The van der Waals surface area contributed by atoms with E-state index in [0.29, 0.717) is 15.6 Å². The van der Waals surface area contributed by atoms with Crippen LogP contribution in [0.15, 0.2) is 18.2 Å². The molecule has 0 spiro atoms. The quantitative estimate of drug-likeness (QED) is 0.891. The molecule has 0 aliphatic heterocycles. The zero-order valence-electron chi connectivity index (χ0n) is 11.0. The van der Waals surface area contributed by atoms with Crippen LogP contribution in [-0.2, 0) is 13.0 Å². The number of aromatic nitrogens is 1. The maximum absolute atomic E-state index is 13.9. The van der Waals surface area contributed by atoms with Gasteiger partial charge in [0, 0.05) is 11.4 Å². The molecule has 0 saturated heterocycles. The van der Waals surface area contributed by atoms with Crippen molar-refractivity contribution in [1.29, 1.82) is 0 Å². The third kappa shape index (κ3) is 3.14. The molecule has 0 bridgehead atoms. The van der Waals surface area contributed by atoms with Crippen LogP contribution in [0.25, 0.3) is 10.6 Å². The van der Waals surface area contributed by atoms with Crippen molar-refractivity contribution in [2.24, 2.45) is 0 Å². The highest BCUT2D eigenvalue weighted by Crippen LogP contribution is 2.35. The van der Waals surface area contributed by atoms with Gasteiger partial charge in [0.15, 0.2) is 0 Å². The molecule has 0 atom stereocenters.